The summed E-state index contributed by atoms with van der Waals surface area (Å²) in [7, 11) is 2.78. The van der Waals surface area contributed by atoms with E-state index < -0.39 is 11.5 Å². The Labute approximate surface area is 137 Å². The van der Waals surface area contributed by atoms with Gasteiger partial charge < -0.3 is 20.5 Å². The fourth-order valence-corrected chi connectivity index (χ4v) is 1.89. The number of esters is 1. The molecule has 24 heavy (non-hydrogen) atoms. The van der Waals surface area contributed by atoms with Crippen molar-refractivity contribution in [2.45, 2.75) is 6.42 Å². The van der Waals surface area contributed by atoms with Crippen LogP contribution in [-0.4, -0.2) is 36.1 Å². The van der Waals surface area contributed by atoms with E-state index in [9.17, 15) is 9.59 Å². The number of nitrogens with two attached hydrogens (primary N) is 1. The number of carbonyl (C=O) groups is 1. The van der Waals surface area contributed by atoms with Crippen LogP contribution in [0.1, 0.15) is 5.69 Å². The molecular formula is C15H17N5O4. The number of anilines is 1. The summed E-state index contributed by atoms with van der Waals surface area (Å²) >= 11 is 0. The number of benzene rings is 1. The quantitative estimate of drug-likeness (QED) is 0.414. The Morgan fingerprint density at radius 3 is 2.83 bits per heavy atom. The van der Waals surface area contributed by atoms with Crippen molar-refractivity contribution in [3.05, 3.63) is 46.4 Å². The van der Waals surface area contributed by atoms with E-state index in [0.29, 0.717) is 11.4 Å². The summed E-state index contributed by atoms with van der Waals surface area (Å²) in [6, 6.07) is 8.32. The van der Waals surface area contributed by atoms with Crippen molar-refractivity contribution < 1.29 is 14.3 Å². The first kappa shape index (κ1) is 17.0. The van der Waals surface area contributed by atoms with Crippen molar-refractivity contribution in [2.75, 3.05) is 19.5 Å². The van der Waals surface area contributed by atoms with Crippen LogP contribution in [0.5, 0.6) is 5.75 Å². The van der Waals surface area contributed by atoms with Gasteiger partial charge in [0, 0.05) is 6.07 Å². The number of guanidine groups is 1. The van der Waals surface area contributed by atoms with E-state index in [1.54, 1.807) is 18.2 Å². The summed E-state index contributed by atoms with van der Waals surface area (Å²) in [6.45, 7) is 0. The number of methoxy groups -OCH3 is 2. The number of hydrogen-bond donors (Lipinski definition) is 3. The molecule has 0 atom stereocenters. The lowest BCUT2D eigenvalue weighted by Gasteiger charge is -2.09. The lowest BCUT2D eigenvalue weighted by atomic mass is 10.3. The Morgan fingerprint density at radius 2 is 2.12 bits per heavy atom. The van der Waals surface area contributed by atoms with Crippen molar-refractivity contribution in [1.82, 2.24) is 9.97 Å². The Balaban J connectivity index is 2.23. The second-order valence-electron chi connectivity index (χ2n) is 4.64. The van der Waals surface area contributed by atoms with Gasteiger partial charge in [-0.2, -0.15) is 4.99 Å². The average molecular weight is 331 g/mol. The summed E-state index contributed by atoms with van der Waals surface area (Å²) in [6.07, 6.45) is -0.136. The number of aromatic nitrogens is 2. The van der Waals surface area contributed by atoms with Gasteiger partial charge in [-0.3, -0.25) is 14.6 Å². The van der Waals surface area contributed by atoms with Gasteiger partial charge in [0.2, 0.25) is 11.9 Å². The SMILES string of the molecule is COC(=O)Cc1cc(=O)[nH]c(N=C(N)Nc2ccccc2OC)n1. The van der Waals surface area contributed by atoms with Gasteiger partial charge in [-0.15, -0.1) is 0 Å². The molecule has 2 aromatic rings. The lowest BCUT2D eigenvalue weighted by molar-refractivity contribution is -0.139. The topological polar surface area (TPSA) is 132 Å². The minimum absolute atomic E-state index is 0.00197. The summed E-state index contributed by atoms with van der Waals surface area (Å²) in [5.74, 6) is 0.0406. The highest BCUT2D eigenvalue weighted by molar-refractivity contribution is 5.94. The molecular weight excluding hydrogens is 314 g/mol. The van der Waals surface area contributed by atoms with E-state index in [-0.39, 0.29) is 24.0 Å². The van der Waals surface area contributed by atoms with Crippen LogP contribution in [0.2, 0.25) is 0 Å². The molecule has 2 rings (SSSR count). The standard InChI is InChI=1S/C15H17N5O4/c1-23-11-6-4-3-5-10(11)18-14(16)20-15-17-9(7-12(21)19-15)8-13(22)24-2/h3-7H,8H2,1-2H3,(H4,16,17,18,19,20,21). The highest BCUT2D eigenvalue weighted by Gasteiger charge is 2.08. The Morgan fingerprint density at radius 1 is 1.38 bits per heavy atom. The van der Waals surface area contributed by atoms with Gasteiger partial charge in [0.05, 0.1) is 32.0 Å². The first-order chi connectivity index (χ1) is 11.5. The number of ether oxygens (including phenoxy) is 2. The summed E-state index contributed by atoms with van der Waals surface area (Å²) in [5.41, 5.74) is 6.20. The molecule has 0 bridgehead atoms. The number of aromatic amines is 1. The molecule has 0 unspecified atom stereocenters. The number of aliphatic imine (C=N–C) groups is 1. The molecule has 1 aromatic carbocycles. The molecule has 4 N–H and O–H groups in total. The minimum atomic E-state index is -0.511. The number of H-pyrrole nitrogens is 1. The third-order valence-corrected chi connectivity index (χ3v) is 2.93. The fraction of sp³-hybridized carbons (Fsp3) is 0.200. The molecule has 0 aliphatic heterocycles. The maximum Gasteiger partial charge on any atom is 0.311 e. The minimum Gasteiger partial charge on any atom is -0.495 e. The summed E-state index contributed by atoms with van der Waals surface area (Å²) < 4.78 is 9.73. The van der Waals surface area contributed by atoms with E-state index in [1.165, 1.54) is 20.3 Å². The smallest absolute Gasteiger partial charge is 0.311 e. The maximum absolute atomic E-state index is 11.6. The van der Waals surface area contributed by atoms with Crippen LogP contribution in [0.4, 0.5) is 11.6 Å². The van der Waals surface area contributed by atoms with Crippen molar-refractivity contribution in [3.8, 4) is 5.75 Å². The van der Waals surface area contributed by atoms with Crippen LogP contribution in [-0.2, 0) is 16.0 Å². The van der Waals surface area contributed by atoms with Crippen LogP contribution >= 0.6 is 0 Å². The number of nitrogens with zero attached hydrogens (tertiary/aromatic N) is 2. The molecule has 0 fully saturated rings. The number of carbonyl (C=O) groups excluding carboxylic acids is 1. The van der Waals surface area contributed by atoms with Gasteiger partial charge in [0.25, 0.3) is 5.56 Å². The highest BCUT2D eigenvalue weighted by Crippen LogP contribution is 2.22. The summed E-state index contributed by atoms with van der Waals surface area (Å²) in [4.78, 5) is 33.4. The zero-order chi connectivity index (χ0) is 17.5. The number of para-hydroxylation sites is 2. The molecule has 0 aliphatic carbocycles. The predicted octanol–water partition coefficient (Wildman–Crippen LogP) is 0.552. The molecule has 0 aliphatic rings. The Hall–Kier alpha value is -3.36. The first-order valence-electron chi connectivity index (χ1n) is 6.93. The molecule has 0 amide bonds. The lowest BCUT2D eigenvalue weighted by Crippen LogP contribution is -2.23. The van der Waals surface area contributed by atoms with Gasteiger partial charge in [-0.25, -0.2) is 4.98 Å². The van der Waals surface area contributed by atoms with Gasteiger partial charge in [-0.05, 0) is 12.1 Å². The van der Waals surface area contributed by atoms with Crippen LogP contribution in [0.15, 0.2) is 40.1 Å². The summed E-state index contributed by atoms with van der Waals surface area (Å²) in [5, 5.41) is 2.85. The highest BCUT2D eigenvalue weighted by atomic mass is 16.5. The second-order valence-corrected chi connectivity index (χ2v) is 4.64. The molecule has 0 saturated carbocycles. The number of nitrogens with one attached hydrogen (secondary N) is 2. The monoisotopic (exact) mass is 331 g/mol. The zero-order valence-corrected chi connectivity index (χ0v) is 13.2. The molecule has 126 valence electrons. The normalized spacial score (nSPS) is 11.0. The van der Waals surface area contributed by atoms with Crippen molar-refractivity contribution >= 4 is 23.6 Å². The van der Waals surface area contributed by atoms with Crippen LogP contribution in [0.3, 0.4) is 0 Å². The second kappa shape index (κ2) is 7.77. The van der Waals surface area contributed by atoms with E-state index in [2.05, 4.69) is 25.0 Å². The maximum atomic E-state index is 11.6. The van der Waals surface area contributed by atoms with Gasteiger partial charge >= 0.3 is 5.97 Å². The Bertz CT molecular complexity index is 816. The molecule has 0 radical (unpaired) electrons. The third kappa shape index (κ3) is 4.57. The Kier molecular flexibility index (Phi) is 5.50. The fourth-order valence-electron chi connectivity index (χ4n) is 1.89. The van der Waals surface area contributed by atoms with E-state index in [1.807, 2.05) is 6.07 Å². The average Bonchev–Trinajstić information content (AvgIpc) is 2.54. The van der Waals surface area contributed by atoms with Crippen LogP contribution in [0, 0.1) is 0 Å². The van der Waals surface area contributed by atoms with E-state index in [0.717, 1.165) is 0 Å². The molecule has 0 saturated heterocycles. The van der Waals surface area contributed by atoms with Crippen molar-refractivity contribution in [1.29, 1.82) is 0 Å². The van der Waals surface area contributed by atoms with Crippen molar-refractivity contribution in [3.63, 3.8) is 0 Å². The van der Waals surface area contributed by atoms with E-state index in [4.69, 9.17) is 10.5 Å². The van der Waals surface area contributed by atoms with Crippen LogP contribution < -0.4 is 21.3 Å². The molecule has 9 heteroatoms. The molecule has 1 heterocycles. The molecule has 0 spiro atoms. The predicted molar refractivity (Wildman–Crippen MR) is 88.5 cm³/mol. The van der Waals surface area contributed by atoms with Crippen molar-refractivity contribution in [2.24, 2.45) is 10.7 Å². The van der Waals surface area contributed by atoms with E-state index >= 15 is 0 Å². The zero-order valence-electron chi connectivity index (χ0n) is 13.2. The largest absolute Gasteiger partial charge is 0.495 e. The van der Waals surface area contributed by atoms with Gasteiger partial charge in [0.15, 0.2) is 0 Å². The molecule has 9 nitrogen and oxygen atoms in total. The molecule has 1 aromatic heterocycles. The van der Waals surface area contributed by atoms with Crippen LogP contribution in [0.25, 0.3) is 0 Å². The van der Waals surface area contributed by atoms with Gasteiger partial charge in [0.1, 0.15) is 5.75 Å². The number of rotatable bonds is 5. The van der Waals surface area contributed by atoms with Gasteiger partial charge in [-0.1, -0.05) is 12.1 Å². The number of hydrogen-bond acceptors (Lipinski definition) is 6. The third-order valence-electron chi connectivity index (χ3n) is 2.93. The first-order valence-corrected chi connectivity index (χ1v) is 6.93.